The monoisotopic (exact) mass is 218 g/mol. The maximum atomic E-state index is 5.86. The molecule has 1 aromatic carbocycles. The van der Waals surface area contributed by atoms with E-state index in [0.29, 0.717) is 5.41 Å². The smallest absolute Gasteiger partial charge is 0.0372 e. The van der Waals surface area contributed by atoms with Crippen LogP contribution in [-0.4, -0.2) is 13.1 Å². The van der Waals surface area contributed by atoms with Crippen molar-refractivity contribution in [3.8, 4) is 0 Å². The Morgan fingerprint density at radius 3 is 2.62 bits per heavy atom. The predicted molar refractivity (Wildman–Crippen MR) is 69.6 cm³/mol. The Morgan fingerprint density at radius 1 is 1.31 bits per heavy atom. The zero-order chi connectivity index (χ0) is 11.4. The molecular formula is C14H22N2. The van der Waals surface area contributed by atoms with E-state index < -0.39 is 0 Å². The number of benzene rings is 1. The first-order chi connectivity index (χ1) is 7.79. The highest BCUT2D eigenvalue weighted by Gasteiger charge is 2.35. The number of nitrogens with one attached hydrogen (secondary N) is 1. The van der Waals surface area contributed by atoms with E-state index in [-0.39, 0.29) is 0 Å². The van der Waals surface area contributed by atoms with Crippen LogP contribution in [0.25, 0.3) is 0 Å². The van der Waals surface area contributed by atoms with Crippen molar-refractivity contribution in [1.29, 1.82) is 0 Å². The number of hydrogen-bond acceptors (Lipinski definition) is 2. The van der Waals surface area contributed by atoms with Crippen LogP contribution in [0.15, 0.2) is 24.3 Å². The molecule has 0 bridgehead atoms. The molecular weight excluding hydrogens is 196 g/mol. The third-order valence-electron chi connectivity index (χ3n) is 3.90. The molecule has 1 fully saturated rings. The predicted octanol–water partition coefficient (Wildman–Crippen LogP) is 2.79. The summed E-state index contributed by atoms with van der Waals surface area (Å²) >= 11 is 0. The maximum absolute atomic E-state index is 5.86. The van der Waals surface area contributed by atoms with Gasteiger partial charge in [-0.1, -0.05) is 31.5 Å². The molecule has 2 rings (SSSR count). The van der Waals surface area contributed by atoms with Gasteiger partial charge in [-0.05, 0) is 42.9 Å². The summed E-state index contributed by atoms with van der Waals surface area (Å²) in [5.41, 5.74) is 8.92. The SMILES string of the molecule is CCc1ccccc1NCC1(CN)CCC1. The van der Waals surface area contributed by atoms with Crippen molar-refractivity contribution >= 4 is 5.69 Å². The molecule has 0 aliphatic heterocycles. The van der Waals surface area contributed by atoms with Crippen LogP contribution in [0, 0.1) is 5.41 Å². The van der Waals surface area contributed by atoms with E-state index >= 15 is 0 Å². The van der Waals surface area contributed by atoms with Crippen molar-refractivity contribution in [3.05, 3.63) is 29.8 Å². The summed E-state index contributed by atoms with van der Waals surface area (Å²) in [6.07, 6.45) is 4.99. The summed E-state index contributed by atoms with van der Waals surface area (Å²) in [6, 6.07) is 8.56. The second-order valence-corrected chi connectivity index (χ2v) is 4.92. The number of rotatable bonds is 5. The lowest BCUT2D eigenvalue weighted by Crippen LogP contribution is -2.43. The number of hydrogen-bond donors (Lipinski definition) is 2. The highest BCUT2D eigenvalue weighted by molar-refractivity contribution is 5.51. The molecule has 1 saturated carbocycles. The zero-order valence-corrected chi connectivity index (χ0v) is 10.1. The fourth-order valence-electron chi connectivity index (χ4n) is 2.41. The Balaban J connectivity index is 1.98. The highest BCUT2D eigenvalue weighted by Crippen LogP contribution is 2.40. The number of nitrogens with two attached hydrogens (primary N) is 1. The average molecular weight is 218 g/mol. The number of aryl methyl sites for hydroxylation is 1. The van der Waals surface area contributed by atoms with Gasteiger partial charge in [-0.15, -0.1) is 0 Å². The summed E-state index contributed by atoms with van der Waals surface area (Å²) in [7, 11) is 0. The van der Waals surface area contributed by atoms with E-state index in [1.807, 2.05) is 0 Å². The standard InChI is InChI=1S/C14H22N2/c1-2-12-6-3-4-7-13(12)16-11-14(10-15)8-5-9-14/h3-4,6-7,16H,2,5,8-11,15H2,1H3. The van der Waals surface area contributed by atoms with Crippen LogP contribution in [0.4, 0.5) is 5.69 Å². The van der Waals surface area contributed by atoms with Crippen molar-refractivity contribution in [2.75, 3.05) is 18.4 Å². The van der Waals surface area contributed by atoms with Crippen LogP contribution in [0.5, 0.6) is 0 Å². The molecule has 3 N–H and O–H groups in total. The Morgan fingerprint density at radius 2 is 2.06 bits per heavy atom. The summed E-state index contributed by atoms with van der Waals surface area (Å²) in [5.74, 6) is 0. The van der Waals surface area contributed by atoms with Crippen LogP contribution in [0.2, 0.25) is 0 Å². The van der Waals surface area contributed by atoms with E-state index in [9.17, 15) is 0 Å². The highest BCUT2D eigenvalue weighted by atomic mass is 14.9. The largest absolute Gasteiger partial charge is 0.384 e. The Kier molecular flexibility index (Phi) is 3.49. The minimum Gasteiger partial charge on any atom is -0.384 e. The Bertz CT molecular complexity index is 337. The van der Waals surface area contributed by atoms with Gasteiger partial charge in [0.1, 0.15) is 0 Å². The summed E-state index contributed by atoms with van der Waals surface area (Å²) in [6.45, 7) is 4.04. The van der Waals surface area contributed by atoms with Gasteiger partial charge in [0.05, 0.1) is 0 Å². The molecule has 1 aliphatic rings. The first-order valence-electron chi connectivity index (χ1n) is 6.31. The quantitative estimate of drug-likeness (QED) is 0.797. The molecule has 2 heteroatoms. The van der Waals surface area contributed by atoms with Gasteiger partial charge in [-0.2, -0.15) is 0 Å². The third kappa shape index (κ3) is 2.22. The maximum Gasteiger partial charge on any atom is 0.0372 e. The molecule has 1 aromatic rings. The molecule has 2 nitrogen and oxygen atoms in total. The van der Waals surface area contributed by atoms with Gasteiger partial charge in [0.25, 0.3) is 0 Å². The molecule has 0 amide bonds. The topological polar surface area (TPSA) is 38.0 Å². The first-order valence-corrected chi connectivity index (χ1v) is 6.31. The fraction of sp³-hybridized carbons (Fsp3) is 0.571. The number of para-hydroxylation sites is 1. The summed E-state index contributed by atoms with van der Waals surface area (Å²) < 4.78 is 0. The van der Waals surface area contributed by atoms with E-state index in [1.54, 1.807) is 0 Å². The lowest BCUT2D eigenvalue weighted by Gasteiger charge is -2.41. The van der Waals surface area contributed by atoms with Gasteiger partial charge in [-0.25, -0.2) is 0 Å². The molecule has 0 heterocycles. The first kappa shape index (κ1) is 11.5. The van der Waals surface area contributed by atoms with E-state index in [1.165, 1.54) is 30.5 Å². The third-order valence-corrected chi connectivity index (χ3v) is 3.90. The van der Waals surface area contributed by atoms with Gasteiger partial charge in [0.15, 0.2) is 0 Å². The molecule has 0 radical (unpaired) electrons. The molecule has 0 spiro atoms. The van der Waals surface area contributed by atoms with Crippen LogP contribution in [0.1, 0.15) is 31.7 Å². The van der Waals surface area contributed by atoms with Gasteiger partial charge in [-0.3, -0.25) is 0 Å². The van der Waals surface area contributed by atoms with Crippen LogP contribution < -0.4 is 11.1 Å². The van der Waals surface area contributed by atoms with Crippen LogP contribution in [0.3, 0.4) is 0 Å². The average Bonchev–Trinajstić information content (AvgIpc) is 2.29. The van der Waals surface area contributed by atoms with Crippen molar-refractivity contribution in [2.45, 2.75) is 32.6 Å². The molecule has 1 aliphatic carbocycles. The van der Waals surface area contributed by atoms with Gasteiger partial charge >= 0.3 is 0 Å². The van der Waals surface area contributed by atoms with Crippen molar-refractivity contribution in [1.82, 2.24) is 0 Å². The molecule has 0 aromatic heterocycles. The van der Waals surface area contributed by atoms with Gasteiger partial charge in [0, 0.05) is 12.2 Å². The van der Waals surface area contributed by atoms with Crippen molar-refractivity contribution < 1.29 is 0 Å². The second kappa shape index (κ2) is 4.88. The normalized spacial score (nSPS) is 17.9. The van der Waals surface area contributed by atoms with Crippen molar-refractivity contribution in [2.24, 2.45) is 11.1 Å². The van der Waals surface area contributed by atoms with Crippen LogP contribution in [-0.2, 0) is 6.42 Å². The molecule has 0 unspecified atom stereocenters. The molecule has 16 heavy (non-hydrogen) atoms. The zero-order valence-electron chi connectivity index (χ0n) is 10.1. The number of anilines is 1. The summed E-state index contributed by atoms with van der Waals surface area (Å²) in [4.78, 5) is 0. The van der Waals surface area contributed by atoms with Crippen LogP contribution >= 0.6 is 0 Å². The van der Waals surface area contributed by atoms with Crippen molar-refractivity contribution in [3.63, 3.8) is 0 Å². The summed E-state index contributed by atoms with van der Waals surface area (Å²) in [5, 5.41) is 3.58. The van der Waals surface area contributed by atoms with E-state index in [2.05, 4.69) is 36.5 Å². The van der Waals surface area contributed by atoms with Gasteiger partial charge < -0.3 is 11.1 Å². The van der Waals surface area contributed by atoms with E-state index in [4.69, 9.17) is 5.73 Å². The molecule has 0 saturated heterocycles. The minimum absolute atomic E-state index is 0.376. The Labute approximate surface area is 98.2 Å². The molecule has 88 valence electrons. The lowest BCUT2D eigenvalue weighted by molar-refractivity contribution is 0.163. The minimum atomic E-state index is 0.376. The van der Waals surface area contributed by atoms with Gasteiger partial charge in [0.2, 0.25) is 0 Å². The lowest BCUT2D eigenvalue weighted by atomic mass is 9.69. The molecule has 0 atom stereocenters. The Hall–Kier alpha value is -1.02. The fourth-order valence-corrected chi connectivity index (χ4v) is 2.41. The second-order valence-electron chi connectivity index (χ2n) is 4.92. The van der Waals surface area contributed by atoms with E-state index in [0.717, 1.165) is 19.5 Å².